The second kappa shape index (κ2) is 24.9. The monoisotopic (exact) mass is 1330 g/mol. The summed E-state index contributed by atoms with van der Waals surface area (Å²) < 4.78 is 12.6. The largest absolute Gasteiger partial charge is 0.498 e. The van der Waals surface area contributed by atoms with Gasteiger partial charge in [-0.15, -0.1) is 0 Å². The first kappa shape index (κ1) is 64.5. The summed E-state index contributed by atoms with van der Waals surface area (Å²) in [4.78, 5) is 27.8. The van der Waals surface area contributed by atoms with E-state index in [0.717, 1.165) is 33.3 Å². The van der Waals surface area contributed by atoms with Crippen molar-refractivity contribution in [2.45, 2.75) is 77.9 Å². The van der Waals surface area contributed by atoms with Gasteiger partial charge in [0, 0.05) is 45.6 Å². The summed E-state index contributed by atoms with van der Waals surface area (Å²) in [5.41, 5.74) is 15.0. The molecule has 1 fully saturated rings. The van der Waals surface area contributed by atoms with Crippen LogP contribution in [0.2, 0.25) is 5.28 Å². The van der Waals surface area contributed by atoms with Crippen molar-refractivity contribution < 1.29 is 9.31 Å². The molecule has 0 saturated carbocycles. The Morgan fingerprint density at radius 1 is 0.307 bits per heavy atom. The lowest BCUT2D eigenvalue weighted by Crippen LogP contribution is -2.42. The van der Waals surface area contributed by atoms with Crippen LogP contribution in [0, 0.1) is 6.92 Å². The highest BCUT2D eigenvalue weighted by Gasteiger charge is 2.57. The van der Waals surface area contributed by atoms with Crippen LogP contribution in [0.25, 0.3) is 144 Å². The number of fused-ring (bicyclic) bond motifs is 20. The van der Waals surface area contributed by atoms with Crippen molar-refractivity contribution in [2.24, 2.45) is 0 Å². The van der Waals surface area contributed by atoms with Gasteiger partial charge in [0.1, 0.15) is 5.60 Å². The van der Waals surface area contributed by atoms with Crippen molar-refractivity contribution >= 4 is 88.8 Å². The number of halogens is 1. The smallest absolute Gasteiger partial charge is 0.395 e. The fourth-order valence-electron chi connectivity index (χ4n) is 15.6. The molecule has 2 aliphatic carbocycles. The molecule has 0 spiro atoms. The lowest BCUT2D eigenvalue weighted by Gasteiger charge is -2.25. The molecule has 1 atom stereocenters. The summed E-state index contributed by atoms with van der Waals surface area (Å²) in [6, 6.07) is 97.8. The summed E-state index contributed by atoms with van der Waals surface area (Å²) in [5, 5.41) is 16.0. The van der Waals surface area contributed by atoms with Crippen molar-refractivity contribution in [3.8, 4) is 79.2 Å². The van der Waals surface area contributed by atoms with E-state index in [-0.39, 0.29) is 23.5 Å². The minimum atomic E-state index is -0.606. The number of nitrogens with zero attached hydrogens (tertiary/aromatic N) is 6. The maximum atomic E-state index is 6.35. The lowest BCUT2D eigenvalue weighted by atomic mass is 9.74. The van der Waals surface area contributed by atoms with Crippen molar-refractivity contribution in [3.05, 3.63) is 314 Å². The van der Waals surface area contributed by atoms with Gasteiger partial charge in [0.05, 0.1) is 6.92 Å². The van der Waals surface area contributed by atoms with E-state index in [0.29, 0.717) is 29.1 Å². The van der Waals surface area contributed by atoms with Gasteiger partial charge >= 0.3 is 7.12 Å². The normalized spacial score (nSPS) is 15.7. The standard InChI is InChI=1S/C42H29N3.C33H30BO2.C15H10ClN3.CH4/c1-42(2)36-25-28(41-44-39(26-13-5-3-6-14-26)43-40(45-41)27-15-7-4-8-16-27)21-22-32(36)35-24-23-34-31-19-10-9-17-29(31)30-18-11-12-20-33(30)37(34)38(35)42;1-31(2)28-19-20(34-35-32(3,4)33(5,6)36-34)15-16-24(28)27-18-17-26-23-13-8-7-11-21(23)22-12-9-10-14-25(22)29(26)30(27)31;16-15-18-13(11-7-3-1-4-8-11)17-14(19-15)12-9-5-2-6-10-12;/h3-25H,1-2H3;7-19H,3H2,1-2,4-6H3;1-10H;1H4/q;+1;;. The molecule has 10 heteroatoms. The summed E-state index contributed by atoms with van der Waals surface area (Å²) >= 11 is 5.99. The number of hydrogen-bond acceptors (Lipinski definition) is 8. The summed E-state index contributed by atoms with van der Waals surface area (Å²) in [6.07, 6.45) is 0. The van der Waals surface area contributed by atoms with Crippen molar-refractivity contribution in [2.75, 3.05) is 0 Å². The van der Waals surface area contributed by atoms with E-state index in [4.69, 9.17) is 35.9 Å². The second-order valence-electron chi connectivity index (χ2n) is 28.1. The van der Waals surface area contributed by atoms with E-state index in [9.17, 15) is 0 Å². The zero-order valence-corrected chi connectivity index (χ0v) is 57.5. The van der Waals surface area contributed by atoms with E-state index < -0.39 is 18.3 Å². The van der Waals surface area contributed by atoms with Gasteiger partial charge in [-0.1, -0.05) is 308 Å². The number of rotatable bonds is 6. The molecule has 1 aliphatic heterocycles. The molecule has 0 amide bonds. The fraction of sp³-hybridized carbons (Fsp3) is 0.132. The highest BCUT2D eigenvalue weighted by Crippen LogP contribution is 2.56. The highest BCUT2D eigenvalue weighted by atomic mass is 35.5. The molecule has 0 bridgehead atoms. The molecular formula is C91H73BClN6O2+. The van der Waals surface area contributed by atoms with Gasteiger partial charge in [-0.05, 0) is 146 Å². The minimum Gasteiger partial charge on any atom is -0.395 e. The number of benzene rings is 14. The van der Waals surface area contributed by atoms with Gasteiger partial charge in [0.25, 0.3) is 0 Å². The molecule has 3 aliphatic rings. The SMILES string of the molecule is C.CC1(C)c2cc(-c3nc(-c4ccccc4)nc(-c4ccccc4)n3)ccc2-c2ccc3c4ccccc4c4ccccc4c3c21.Clc1nc(-c2ccccc2)nc(-c2ccccc2)n1.[CH2+]C1(C)OB(c2ccc3c(c2)C(C)(C)c2c-3ccc3c4ccccc4c4ccccc4c23)OC1(C)C. The molecule has 1 saturated heterocycles. The van der Waals surface area contributed by atoms with Crippen LogP contribution in [-0.2, 0) is 20.1 Å². The van der Waals surface area contributed by atoms with Gasteiger partial charge in [0.2, 0.25) is 10.9 Å². The molecule has 0 radical (unpaired) electrons. The first-order valence-electron chi connectivity index (χ1n) is 34.1. The first-order chi connectivity index (χ1) is 48.5. The van der Waals surface area contributed by atoms with Crippen molar-refractivity contribution in [1.82, 2.24) is 29.9 Å². The van der Waals surface area contributed by atoms with Gasteiger partial charge < -0.3 is 9.31 Å². The Morgan fingerprint density at radius 3 is 0.970 bits per heavy atom. The van der Waals surface area contributed by atoms with Crippen LogP contribution in [0.5, 0.6) is 0 Å². The van der Waals surface area contributed by atoms with Crippen LogP contribution in [0.15, 0.2) is 279 Å². The predicted molar refractivity (Wildman–Crippen MR) is 421 cm³/mol. The third kappa shape index (κ3) is 10.9. The van der Waals surface area contributed by atoms with Gasteiger partial charge in [-0.3, -0.25) is 0 Å². The van der Waals surface area contributed by atoms with Gasteiger partial charge in [-0.25, -0.2) is 19.9 Å². The third-order valence-corrected chi connectivity index (χ3v) is 21.2. The Morgan fingerprint density at radius 2 is 0.604 bits per heavy atom. The first-order valence-corrected chi connectivity index (χ1v) is 34.5. The molecule has 19 rings (SSSR count). The van der Waals surface area contributed by atoms with Crippen LogP contribution in [0.3, 0.4) is 0 Å². The molecule has 3 heterocycles. The quantitative estimate of drug-likeness (QED) is 0.0923. The minimum absolute atomic E-state index is 0. The second-order valence-corrected chi connectivity index (χ2v) is 28.5. The van der Waals surface area contributed by atoms with Crippen LogP contribution < -0.4 is 5.46 Å². The molecule has 2 aromatic heterocycles. The van der Waals surface area contributed by atoms with E-state index in [1.165, 1.54) is 109 Å². The fourth-order valence-corrected chi connectivity index (χ4v) is 15.7. The van der Waals surface area contributed by atoms with Crippen LogP contribution in [0.4, 0.5) is 0 Å². The van der Waals surface area contributed by atoms with Gasteiger partial charge in [-0.2, -0.15) is 9.97 Å². The van der Waals surface area contributed by atoms with Crippen LogP contribution in [-0.4, -0.2) is 48.2 Å². The maximum absolute atomic E-state index is 6.35. The molecule has 16 aromatic rings. The molecular weight excluding hydrogens is 1260 g/mol. The molecule has 8 nitrogen and oxygen atoms in total. The zero-order chi connectivity index (χ0) is 68.2. The Labute approximate surface area is 595 Å². The zero-order valence-electron chi connectivity index (χ0n) is 56.7. The van der Waals surface area contributed by atoms with E-state index in [1.54, 1.807) is 0 Å². The molecule has 0 N–H and O–H groups in total. The summed E-state index contributed by atoms with van der Waals surface area (Å²) in [5.74, 6) is 3.19. The number of aromatic nitrogens is 6. The Hall–Kier alpha value is -11.2. The third-order valence-electron chi connectivity index (χ3n) is 21.0. The summed E-state index contributed by atoms with van der Waals surface area (Å²) in [7, 11) is -0.422. The van der Waals surface area contributed by atoms with E-state index >= 15 is 0 Å². The Bertz CT molecular complexity index is 5740. The Kier molecular flexibility index (Phi) is 15.9. The predicted octanol–water partition coefficient (Wildman–Crippen LogP) is 22.7. The molecule has 1 unspecified atom stereocenters. The van der Waals surface area contributed by atoms with Gasteiger partial charge in [0.15, 0.2) is 29.1 Å². The molecule has 14 aromatic carbocycles. The van der Waals surface area contributed by atoms with Crippen molar-refractivity contribution in [1.29, 1.82) is 0 Å². The lowest BCUT2D eigenvalue weighted by molar-refractivity contribution is 0.0262. The average molecular weight is 1330 g/mol. The van der Waals surface area contributed by atoms with Crippen LogP contribution in [0.1, 0.15) is 78.1 Å². The maximum Gasteiger partial charge on any atom is 0.498 e. The highest BCUT2D eigenvalue weighted by molar-refractivity contribution is 6.62. The van der Waals surface area contributed by atoms with Crippen LogP contribution >= 0.6 is 11.6 Å². The molecule has 488 valence electrons. The molecule has 101 heavy (non-hydrogen) atoms. The number of hydrogen-bond donors (Lipinski definition) is 0. The van der Waals surface area contributed by atoms with Crippen molar-refractivity contribution in [3.63, 3.8) is 0 Å². The topological polar surface area (TPSA) is 95.8 Å². The average Bonchev–Trinajstić information content (AvgIpc) is 1.67. The van der Waals surface area contributed by atoms with E-state index in [1.807, 2.05) is 104 Å². The summed E-state index contributed by atoms with van der Waals surface area (Å²) in [6.45, 7) is 19.8. The van der Waals surface area contributed by atoms with E-state index in [2.05, 4.69) is 245 Å². The Balaban J connectivity index is 0.000000126.